The van der Waals surface area contributed by atoms with Crippen LogP contribution >= 0.6 is 0 Å². The van der Waals surface area contributed by atoms with Gasteiger partial charge < -0.3 is 5.32 Å². The molecule has 0 aliphatic carbocycles. The van der Waals surface area contributed by atoms with Gasteiger partial charge in [0.25, 0.3) is 0 Å². The van der Waals surface area contributed by atoms with Gasteiger partial charge in [0.2, 0.25) is 0 Å². The van der Waals surface area contributed by atoms with Crippen LogP contribution in [0.4, 0.5) is 0 Å². The van der Waals surface area contributed by atoms with Crippen LogP contribution in [0.25, 0.3) is 0 Å². The number of hydrogen-bond acceptors (Lipinski definition) is 1. The average molecular weight is 197 g/mol. The Labute approximate surface area is 90.0 Å². The number of unbranched alkanes of at least 4 members (excludes halogenated alkanes) is 1. The van der Waals surface area contributed by atoms with Gasteiger partial charge in [-0.2, -0.15) is 0 Å². The molecule has 1 heteroatoms. The van der Waals surface area contributed by atoms with Crippen LogP contribution in [0.15, 0.2) is 12.3 Å². The lowest BCUT2D eigenvalue weighted by Gasteiger charge is -2.11. The van der Waals surface area contributed by atoms with Crippen molar-refractivity contribution in [2.75, 3.05) is 6.54 Å². The van der Waals surface area contributed by atoms with Gasteiger partial charge in [0.1, 0.15) is 0 Å². The quantitative estimate of drug-likeness (QED) is 0.581. The summed E-state index contributed by atoms with van der Waals surface area (Å²) in [6.45, 7) is 14.1. The lowest BCUT2D eigenvalue weighted by Crippen LogP contribution is -2.15. The number of nitrogens with one attached hydrogen (secondary N) is 1. The number of rotatable bonds is 8. The highest BCUT2D eigenvalue weighted by atomic mass is 14.9. The minimum Gasteiger partial charge on any atom is -0.389 e. The summed E-state index contributed by atoms with van der Waals surface area (Å²) in [6, 6.07) is 0. The van der Waals surface area contributed by atoms with Gasteiger partial charge in [0.15, 0.2) is 0 Å². The van der Waals surface area contributed by atoms with E-state index in [0.717, 1.165) is 18.9 Å². The zero-order chi connectivity index (χ0) is 11.0. The van der Waals surface area contributed by atoms with Crippen molar-refractivity contribution >= 4 is 0 Å². The van der Waals surface area contributed by atoms with Crippen molar-refractivity contribution in [2.24, 2.45) is 11.8 Å². The molecule has 1 N–H and O–H groups in total. The lowest BCUT2D eigenvalue weighted by atomic mass is 10.1. The summed E-state index contributed by atoms with van der Waals surface area (Å²) in [4.78, 5) is 0. The molecule has 1 nitrogen and oxygen atoms in total. The smallest absolute Gasteiger partial charge is 0.0143 e. The molecule has 0 fully saturated rings. The van der Waals surface area contributed by atoms with Crippen molar-refractivity contribution < 1.29 is 0 Å². The third kappa shape index (κ3) is 9.63. The Balaban J connectivity index is 3.23. The maximum atomic E-state index is 4.02. The van der Waals surface area contributed by atoms with Crippen molar-refractivity contribution in [1.29, 1.82) is 0 Å². The topological polar surface area (TPSA) is 12.0 Å². The van der Waals surface area contributed by atoms with Gasteiger partial charge in [-0.15, -0.1) is 0 Å². The maximum absolute atomic E-state index is 4.02. The first kappa shape index (κ1) is 13.5. The first-order valence-electron chi connectivity index (χ1n) is 5.94. The molecular formula is C13H27N. The van der Waals surface area contributed by atoms with Crippen molar-refractivity contribution in [3.05, 3.63) is 12.3 Å². The number of allylic oxidation sites excluding steroid dienone is 1. The van der Waals surface area contributed by atoms with Crippen molar-refractivity contribution in [3.8, 4) is 0 Å². The summed E-state index contributed by atoms with van der Waals surface area (Å²) in [6.07, 6.45) is 5.05. The Morgan fingerprint density at radius 2 is 1.71 bits per heavy atom. The van der Waals surface area contributed by atoms with E-state index in [4.69, 9.17) is 0 Å². The molecule has 0 saturated carbocycles. The standard InChI is InChI=1S/C13H27N/c1-11(2)8-6-7-9-14-13(5)10-12(3)4/h11-12,14H,5-10H2,1-4H3. The summed E-state index contributed by atoms with van der Waals surface area (Å²) in [5.41, 5.74) is 1.20. The highest BCUT2D eigenvalue weighted by Crippen LogP contribution is 2.07. The Morgan fingerprint density at radius 1 is 1.07 bits per heavy atom. The van der Waals surface area contributed by atoms with Crippen LogP contribution in [0.5, 0.6) is 0 Å². The van der Waals surface area contributed by atoms with E-state index < -0.39 is 0 Å². The van der Waals surface area contributed by atoms with E-state index in [1.54, 1.807) is 0 Å². The van der Waals surface area contributed by atoms with Crippen LogP contribution in [0.2, 0.25) is 0 Å². The van der Waals surface area contributed by atoms with E-state index in [-0.39, 0.29) is 0 Å². The molecule has 0 amide bonds. The highest BCUT2D eigenvalue weighted by Gasteiger charge is 1.98. The van der Waals surface area contributed by atoms with E-state index in [1.165, 1.54) is 25.0 Å². The van der Waals surface area contributed by atoms with Gasteiger partial charge in [-0.25, -0.2) is 0 Å². The van der Waals surface area contributed by atoms with Gasteiger partial charge in [0.05, 0.1) is 0 Å². The molecule has 0 bridgehead atoms. The van der Waals surface area contributed by atoms with Gasteiger partial charge in [0, 0.05) is 12.2 Å². The van der Waals surface area contributed by atoms with E-state index in [1.807, 2.05) is 0 Å². The number of hydrogen-bond donors (Lipinski definition) is 1. The van der Waals surface area contributed by atoms with Crippen LogP contribution in [-0.4, -0.2) is 6.54 Å². The molecule has 0 unspecified atom stereocenters. The minimum absolute atomic E-state index is 0.714. The average Bonchev–Trinajstić information content (AvgIpc) is 2.01. The Morgan fingerprint density at radius 3 is 2.21 bits per heavy atom. The zero-order valence-electron chi connectivity index (χ0n) is 10.4. The molecule has 0 aromatic heterocycles. The summed E-state index contributed by atoms with van der Waals surface area (Å²) in [5.74, 6) is 1.56. The summed E-state index contributed by atoms with van der Waals surface area (Å²) in [7, 11) is 0. The second kappa shape index (κ2) is 7.90. The molecule has 84 valence electrons. The Kier molecular flexibility index (Phi) is 7.64. The lowest BCUT2D eigenvalue weighted by molar-refractivity contribution is 0.523. The fraction of sp³-hybridized carbons (Fsp3) is 0.846. The molecule has 0 rings (SSSR count). The fourth-order valence-electron chi connectivity index (χ4n) is 1.51. The van der Waals surface area contributed by atoms with Crippen molar-refractivity contribution in [3.63, 3.8) is 0 Å². The molecule has 0 atom stereocenters. The van der Waals surface area contributed by atoms with Crippen LogP contribution in [0, 0.1) is 11.8 Å². The zero-order valence-corrected chi connectivity index (χ0v) is 10.4. The molecule has 14 heavy (non-hydrogen) atoms. The molecule has 0 aromatic carbocycles. The van der Waals surface area contributed by atoms with Crippen LogP contribution < -0.4 is 5.32 Å². The molecule has 0 saturated heterocycles. The SMILES string of the molecule is C=C(CC(C)C)NCCCCC(C)C. The molecule has 0 heterocycles. The Hall–Kier alpha value is -0.460. The van der Waals surface area contributed by atoms with Crippen molar-refractivity contribution in [1.82, 2.24) is 5.32 Å². The normalized spacial score (nSPS) is 11.0. The third-order valence-corrected chi connectivity index (χ3v) is 2.24. The molecule has 0 aliphatic rings. The Bertz CT molecular complexity index is 147. The van der Waals surface area contributed by atoms with E-state index in [2.05, 4.69) is 39.6 Å². The van der Waals surface area contributed by atoms with Gasteiger partial charge in [-0.1, -0.05) is 47.1 Å². The third-order valence-electron chi connectivity index (χ3n) is 2.24. The maximum Gasteiger partial charge on any atom is 0.0143 e. The monoisotopic (exact) mass is 197 g/mol. The van der Waals surface area contributed by atoms with Crippen molar-refractivity contribution in [2.45, 2.75) is 53.4 Å². The van der Waals surface area contributed by atoms with E-state index in [0.29, 0.717) is 5.92 Å². The molecular weight excluding hydrogens is 170 g/mol. The van der Waals surface area contributed by atoms with Gasteiger partial charge >= 0.3 is 0 Å². The minimum atomic E-state index is 0.714. The van der Waals surface area contributed by atoms with Gasteiger partial charge in [-0.05, 0) is 24.7 Å². The second-order valence-electron chi connectivity index (χ2n) is 5.02. The predicted molar refractivity (Wildman–Crippen MR) is 65.3 cm³/mol. The summed E-state index contributed by atoms with van der Waals surface area (Å²) in [5, 5.41) is 3.39. The van der Waals surface area contributed by atoms with E-state index >= 15 is 0 Å². The van der Waals surface area contributed by atoms with Crippen LogP contribution in [0.3, 0.4) is 0 Å². The molecule has 0 spiro atoms. The molecule has 0 aliphatic heterocycles. The largest absolute Gasteiger partial charge is 0.389 e. The summed E-state index contributed by atoms with van der Waals surface area (Å²) >= 11 is 0. The van der Waals surface area contributed by atoms with Crippen LogP contribution in [-0.2, 0) is 0 Å². The summed E-state index contributed by atoms with van der Waals surface area (Å²) < 4.78 is 0. The van der Waals surface area contributed by atoms with Crippen LogP contribution in [0.1, 0.15) is 53.4 Å². The molecule has 0 aromatic rings. The predicted octanol–water partition coefficient (Wildman–Crippen LogP) is 3.96. The van der Waals surface area contributed by atoms with E-state index in [9.17, 15) is 0 Å². The first-order valence-corrected chi connectivity index (χ1v) is 5.94. The highest BCUT2D eigenvalue weighted by molar-refractivity contribution is 4.91. The fourth-order valence-corrected chi connectivity index (χ4v) is 1.51. The first-order chi connectivity index (χ1) is 6.52. The second-order valence-corrected chi connectivity index (χ2v) is 5.02. The van der Waals surface area contributed by atoms with Gasteiger partial charge in [-0.3, -0.25) is 0 Å². The molecule has 0 radical (unpaired) electrons.